The smallest absolute Gasteiger partial charge is 0.141 e. The van der Waals surface area contributed by atoms with Gasteiger partial charge in [-0.3, -0.25) is 0 Å². The van der Waals surface area contributed by atoms with Gasteiger partial charge in [0.2, 0.25) is 0 Å². The Morgan fingerprint density at radius 3 is 2.78 bits per heavy atom. The highest BCUT2D eigenvalue weighted by Crippen LogP contribution is 2.53. The Hall–Kier alpha value is -0.840. The Kier molecular flexibility index (Phi) is 2.96. The topological polar surface area (TPSA) is 35.5 Å². The fraction of sp³-hybridized carbons (Fsp3) is 0.538. The molecule has 2 aliphatic rings. The molecular formula is C13H16ClFN2O. The first-order valence-corrected chi connectivity index (χ1v) is 6.62. The van der Waals surface area contributed by atoms with Gasteiger partial charge in [0.1, 0.15) is 5.82 Å². The quantitative estimate of drug-likeness (QED) is 0.867. The Labute approximate surface area is 111 Å². The fourth-order valence-electron chi connectivity index (χ4n) is 2.61. The molecule has 0 unspecified atom stereocenters. The van der Waals surface area contributed by atoms with Gasteiger partial charge >= 0.3 is 0 Å². The highest BCUT2D eigenvalue weighted by Gasteiger charge is 2.51. The van der Waals surface area contributed by atoms with E-state index in [0.717, 1.165) is 31.5 Å². The van der Waals surface area contributed by atoms with Gasteiger partial charge in [-0.05, 0) is 42.9 Å². The molecule has 1 aliphatic carbocycles. The fourth-order valence-corrected chi connectivity index (χ4v) is 2.79. The largest absolute Gasteiger partial charge is 0.391 e. The summed E-state index contributed by atoms with van der Waals surface area (Å²) < 4.78 is 13.0. The number of β-amino-alcohol motifs (C(OH)–C–C–N with tert-alkyl or cyclic N) is 1. The van der Waals surface area contributed by atoms with Gasteiger partial charge in [0.05, 0.1) is 16.8 Å². The lowest BCUT2D eigenvalue weighted by atomic mass is 9.91. The van der Waals surface area contributed by atoms with Crippen molar-refractivity contribution >= 4 is 17.3 Å². The first kappa shape index (κ1) is 12.2. The number of hydrogen-bond donors (Lipinski definition) is 2. The Bertz CT molecular complexity index is 464. The molecule has 3 rings (SSSR count). The molecule has 2 fully saturated rings. The molecule has 0 radical (unpaired) electrons. The number of nitrogens with zero attached hydrogens (tertiary/aromatic N) is 1. The van der Waals surface area contributed by atoms with Crippen molar-refractivity contribution in [2.24, 2.45) is 5.41 Å². The van der Waals surface area contributed by atoms with Crippen LogP contribution in [-0.4, -0.2) is 29.3 Å². The van der Waals surface area contributed by atoms with Crippen molar-refractivity contribution < 1.29 is 9.50 Å². The van der Waals surface area contributed by atoms with E-state index in [9.17, 15) is 9.50 Å². The molecule has 1 aromatic rings. The molecular weight excluding hydrogens is 255 g/mol. The second-order valence-electron chi connectivity index (χ2n) is 5.31. The van der Waals surface area contributed by atoms with Crippen molar-refractivity contribution in [2.45, 2.75) is 25.4 Å². The standard InChI is InChI=1S/C13H16ClFN2O/c14-10-7-9(1-2-11(10)15)16-17-6-5-13(3-4-13)12(18)8-17/h1-2,7,12,16,18H,3-6,8H2/t12-/m1/s1. The lowest BCUT2D eigenvalue weighted by Gasteiger charge is -2.36. The van der Waals surface area contributed by atoms with Crippen molar-refractivity contribution in [1.29, 1.82) is 0 Å². The highest BCUT2D eigenvalue weighted by atomic mass is 35.5. The number of hydrazine groups is 1. The first-order chi connectivity index (χ1) is 8.59. The van der Waals surface area contributed by atoms with Gasteiger partial charge in [-0.15, -0.1) is 0 Å². The predicted molar refractivity (Wildman–Crippen MR) is 68.9 cm³/mol. The second-order valence-corrected chi connectivity index (χ2v) is 5.72. The maximum Gasteiger partial charge on any atom is 0.141 e. The van der Waals surface area contributed by atoms with Gasteiger partial charge < -0.3 is 10.5 Å². The predicted octanol–water partition coefficient (Wildman–Crippen LogP) is 2.65. The van der Waals surface area contributed by atoms with Crippen LogP contribution in [-0.2, 0) is 0 Å². The molecule has 1 saturated heterocycles. The van der Waals surface area contributed by atoms with Crippen molar-refractivity contribution in [3.05, 3.63) is 29.0 Å². The number of halogens is 2. The normalized spacial score (nSPS) is 26.3. The maximum atomic E-state index is 13.0. The van der Waals surface area contributed by atoms with Crippen molar-refractivity contribution in [3.8, 4) is 0 Å². The molecule has 5 heteroatoms. The van der Waals surface area contributed by atoms with Crippen LogP contribution >= 0.6 is 11.6 Å². The summed E-state index contributed by atoms with van der Waals surface area (Å²) in [6.45, 7) is 1.50. The summed E-state index contributed by atoms with van der Waals surface area (Å²) >= 11 is 5.73. The number of aliphatic hydroxyl groups is 1. The molecule has 18 heavy (non-hydrogen) atoms. The lowest BCUT2D eigenvalue weighted by Crippen LogP contribution is -2.47. The molecule has 0 bridgehead atoms. The minimum absolute atomic E-state index is 0.108. The van der Waals surface area contributed by atoms with Crippen LogP contribution in [0.1, 0.15) is 19.3 Å². The monoisotopic (exact) mass is 270 g/mol. The number of benzene rings is 1. The molecule has 98 valence electrons. The van der Waals surface area contributed by atoms with Gasteiger partial charge in [0.25, 0.3) is 0 Å². The van der Waals surface area contributed by atoms with Gasteiger partial charge in [-0.2, -0.15) is 0 Å². The van der Waals surface area contributed by atoms with Crippen molar-refractivity contribution in [3.63, 3.8) is 0 Å². The lowest BCUT2D eigenvalue weighted by molar-refractivity contribution is 0.0182. The number of rotatable bonds is 2. The zero-order valence-electron chi connectivity index (χ0n) is 10.00. The molecule has 1 aliphatic heterocycles. The molecule has 1 atom stereocenters. The van der Waals surface area contributed by atoms with Gasteiger partial charge in [-0.25, -0.2) is 9.40 Å². The Morgan fingerprint density at radius 1 is 1.39 bits per heavy atom. The summed E-state index contributed by atoms with van der Waals surface area (Å²) in [7, 11) is 0. The van der Waals surface area contributed by atoms with E-state index in [4.69, 9.17) is 11.6 Å². The number of hydrogen-bond acceptors (Lipinski definition) is 3. The van der Waals surface area contributed by atoms with Crippen LogP contribution < -0.4 is 5.43 Å². The zero-order valence-corrected chi connectivity index (χ0v) is 10.8. The van der Waals surface area contributed by atoms with E-state index < -0.39 is 5.82 Å². The van der Waals surface area contributed by atoms with Gasteiger partial charge in [0.15, 0.2) is 0 Å². The van der Waals surface area contributed by atoms with E-state index in [1.165, 1.54) is 6.07 Å². The number of piperidine rings is 1. The summed E-state index contributed by atoms with van der Waals surface area (Å²) in [5, 5.41) is 12.2. The molecule has 0 amide bonds. The molecule has 2 N–H and O–H groups in total. The summed E-state index contributed by atoms with van der Waals surface area (Å²) in [6, 6.07) is 4.55. The van der Waals surface area contributed by atoms with Crippen LogP contribution in [0.4, 0.5) is 10.1 Å². The minimum atomic E-state index is -0.419. The van der Waals surface area contributed by atoms with Crippen LogP contribution in [0, 0.1) is 11.2 Å². The van der Waals surface area contributed by atoms with E-state index in [1.54, 1.807) is 12.1 Å². The molecule has 1 aromatic carbocycles. The number of aliphatic hydroxyl groups excluding tert-OH is 1. The van der Waals surface area contributed by atoms with E-state index in [0.29, 0.717) is 6.54 Å². The van der Waals surface area contributed by atoms with E-state index >= 15 is 0 Å². The third kappa shape index (κ3) is 2.20. The molecule has 1 heterocycles. The number of nitrogens with one attached hydrogen (secondary N) is 1. The van der Waals surface area contributed by atoms with E-state index in [-0.39, 0.29) is 16.5 Å². The maximum absolute atomic E-state index is 13.0. The summed E-state index contributed by atoms with van der Waals surface area (Å²) in [5.74, 6) is -0.419. The second kappa shape index (κ2) is 4.37. The van der Waals surface area contributed by atoms with Crippen molar-refractivity contribution in [1.82, 2.24) is 5.01 Å². The summed E-state index contributed by atoms with van der Waals surface area (Å²) in [5.41, 5.74) is 4.11. The molecule has 3 nitrogen and oxygen atoms in total. The molecule has 0 aromatic heterocycles. The first-order valence-electron chi connectivity index (χ1n) is 6.24. The van der Waals surface area contributed by atoms with Gasteiger partial charge in [0, 0.05) is 13.1 Å². The van der Waals surface area contributed by atoms with Crippen LogP contribution in [0.25, 0.3) is 0 Å². The minimum Gasteiger partial charge on any atom is -0.391 e. The third-order valence-corrected chi connectivity index (χ3v) is 4.37. The van der Waals surface area contributed by atoms with Crippen LogP contribution in [0.3, 0.4) is 0 Å². The Morgan fingerprint density at radius 2 is 2.17 bits per heavy atom. The van der Waals surface area contributed by atoms with Crippen LogP contribution in [0.15, 0.2) is 18.2 Å². The molecule has 1 saturated carbocycles. The average Bonchev–Trinajstić information content (AvgIpc) is 3.10. The highest BCUT2D eigenvalue weighted by molar-refractivity contribution is 6.31. The third-order valence-electron chi connectivity index (χ3n) is 4.08. The van der Waals surface area contributed by atoms with E-state index in [2.05, 4.69) is 5.43 Å². The molecule has 1 spiro atoms. The van der Waals surface area contributed by atoms with E-state index in [1.807, 2.05) is 5.01 Å². The zero-order chi connectivity index (χ0) is 12.8. The average molecular weight is 271 g/mol. The van der Waals surface area contributed by atoms with Crippen molar-refractivity contribution in [2.75, 3.05) is 18.5 Å². The Balaban J connectivity index is 1.64. The summed E-state index contributed by atoms with van der Waals surface area (Å²) in [6.07, 6.45) is 3.03. The van der Waals surface area contributed by atoms with Gasteiger partial charge in [-0.1, -0.05) is 11.6 Å². The number of anilines is 1. The summed E-state index contributed by atoms with van der Waals surface area (Å²) in [4.78, 5) is 0. The van der Waals surface area contributed by atoms with Crippen LogP contribution in [0.5, 0.6) is 0 Å². The SMILES string of the molecule is O[C@@H]1CN(Nc2ccc(F)c(Cl)c2)CCC12CC2. The van der Waals surface area contributed by atoms with Crippen LogP contribution in [0.2, 0.25) is 5.02 Å².